The molecule has 5 nitrogen and oxygen atoms in total. The Morgan fingerprint density at radius 1 is 1.04 bits per heavy atom. The number of carbonyl (C=O) groups excluding carboxylic acids is 1. The first-order valence-corrected chi connectivity index (χ1v) is 8.54. The van der Waals surface area contributed by atoms with Crippen molar-refractivity contribution >= 4 is 11.8 Å². The van der Waals surface area contributed by atoms with Gasteiger partial charge in [-0.05, 0) is 50.2 Å². The van der Waals surface area contributed by atoms with E-state index >= 15 is 0 Å². The highest BCUT2D eigenvalue weighted by Crippen LogP contribution is 2.35. The van der Waals surface area contributed by atoms with Crippen molar-refractivity contribution in [1.29, 1.82) is 0 Å². The van der Waals surface area contributed by atoms with Crippen molar-refractivity contribution in [2.45, 2.75) is 25.1 Å². The number of rotatable bonds is 4. The maximum Gasteiger partial charge on any atom is 0.417 e. The molecule has 0 bridgehead atoms. The molecule has 0 atom stereocenters. The Hall–Kier alpha value is -2.74. The average molecular weight is 380 g/mol. The number of benzene rings is 2. The van der Waals surface area contributed by atoms with Crippen LogP contribution in [0, 0.1) is 0 Å². The van der Waals surface area contributed by atoms with Gasteiger partial charge in [-0.15, -0.1) is 0 Å². The molecule has 144 valence electrons. The highest BCUT2D eigenvalue weighted by Gasteiger charge is 2.32. The Morgan fingerprint density at radius 3 is 2.41 bits per heavy atom. The lowest BCUT2D eigenvalue weighted by molar-refractivity contribution is -0.137. The fraction of sp³-hybridized carbons (Fsp3) is 0.316. The maximum absolute atomic E-state index is 13.2. The summed E-state index contributed by atoms with van der Waals surface area (Å²) in [5.74, 6) is 0.347. The molecule has 0 aliphatic carbocycles. The van der Waals surface area contributed by atoms with Crippen LogP contribution in [0.25, 0.3) is 0 Å². The highest BCUT2D eigenvalue weighted by atomic mass is 19.4. The molecular formula is C19H19F3N2O3. The monoisotopic (exact) mass is 380 g/mol. The fourth-order valence-electron chi connectivity index (χ4n) is 2.75. The number of carbonyl (C=O) groups is 1. The van der Waals surface area contributed by atoms with Gasteiger partial charge >= 0.3 is 12.3 Å². The van der Waals surface area contributed by atoms with Crippen LogP contribution in [0.5, 0.6) is 11.5 Å². The summed E-state index contributed by atoms with van der Waals surface area (Å²) in [5.41, 5.74) is -0.946. The molecule has 1 fully saturated rings. The third-order valence-electron chi connectivity index (χ3n) is 4.02. The zero-order valence-electron chi connectivity index (χ0n) is 14.4. The summed E-state index contributed by atoms with van der Waals surface area (Å²) in [6.07, 6.45) is -4.20. The summed E-state index contributed by atoms with van der Waals surface area (Å²) in [5, 5.41) is 5.49. The Morgan fingerprint density at radius 2 is 1.74 bits per heavy atom. The van der Waals surface area contributed by atoms with Crippen LogP contribution < -0.4 is 20.1 Å². The van der Waals surface area contributed by atoms with Gasteiger partial charge in [0.15, 0.2) is 0 Å². The van der Waals surface area contributed by atoms with Gasteiger partial charge in [0.05, 0.1) is 5.56 Å². The fourth-order valence-corrected chi connectivity index (χ4v) is 2.75. The van der Waals surface area contributed by atoms with Crippen molar-refractivity contribution in [1.82, 2.24) is 5.32 Å². The molecule has 0 radical (unpaired) electrons. The molecule has 2 aromatic carbocycles. The maximum atomic E-state index is 13.2. The Balaban J connectivity index is 1.76. The SMILES string of the molecule is O=C(Nc1cc(OC2CCNCC2)cc(C(F)(F)F)c1)Oc1ccccc1. The smallest absolute Gasteiger partial charge is 0.417 e. The molecule has 3 rings (SSSR count). The van der Waals surface area contributed by atoms with Crippen LogP contribution in [0.15, 0.2) is 48.5 Å². The van der Waals surface area contributed by atoms with Gasteiger partial charge in [-0.3, -0.25) is 5.32 Å². The first-order chi connectivity index (χ1) is 12.9. The summed E-state index contributed by atoms with van der Waals surface area (Å²) >= 11 is 0. The molecule has 1 saturated heterocycles. The molecule has 1 amide bonds. The molecule has 0 spiro atoms. The van der Waals surface area contributed by atoms with Crippen LogP contribution in [-0.4, -0.2) is 25.3 Å². The Bertz CT molecular complexity index is 776. The van der Waals surface area contributed by atoms with Gasteiger partial charge < -0.3 is 14.8 Å². The third-order valence-corrected chi connectivity index (χ3v) is 4.02. The van der Waals surface area contributed by atoms with E-state index in [9.17, 15) is 18.0 Å². The quantitative estimate of drug-likeness (QED) is 0.823. The van der Waals surface area contributed by atoms with Crippen LogP contribution >= 0.6 is 0 Å². The van der Waals surface area contributed by atoms with Gasteiger partial charge in [0, 0.05) is 11.8 Å². The van der Waals surface area contributed by atoms with Crippen molar-refractivity contribution in [3.8, 4) is 11.5 Å². The first-order valence-electron chi connectivity index (χ1n) is 8.54. The Kier molecular flexibility index (Phi) is 5.85. The molecule has 1 aliphatic heterocycles. The van der Waals surface area contributed by atoms with E-state index in [-0.39, 0.29) is 23.3 Å². The van der Waals surface area contributed by atoms with Crippen molar-refractivity contribution in [2.24, 2.45) is 0 Å². The summed E-state index contributed by atoms with van der Waals surface area (Å²) in [6, 6.07) is 11.4. The van der Waals surface area contributed by atoms with Gasteiger partial charge in [-0.1, -0.05) is 18.2 Å². The number of hydrogen-bond acceptors (Lipinski definition) is 4. The lowest BCUT2D eigenvalue weighted by Gasteiger charge is -2.24. The van der Waals surface area contributed by atoms with Gasteiger partial charge in [0.1, 0.15) is 17.6 Å². The van der Waals surface area contributed by atoms with E-state index in [0.717, 1.165) is 25.2 Å². The molecular weight excluding hydrogens is 361 g/mol. The number of ether oxygens (including phenoxy) is 2. The topological polar surface area (TPSA) is 59.6 Å². The van der Waals surface area contributed by atoms with Gasteiger partial charge in [0.25, 0.3) is 0 Å². The molecule has 1 heterocycles. The summed E-state index contributed by atoms with van der Waals surface area (Å²) in [6.45, 7) is 1.50. The summed E-state index contributed by atoms with van der Waals surface area (Å²) in [4.78, 5) is 12.0. The normalized spacial score (nSPS) is 15.2. The molecule has 0 unspecified atom stereocenters. The molecule has 2 aromatic rings. The second-order valence-electron chi connectivity index (χ2n) is 6.14. The standard InChI is InChI=1S/C19H19F3N2O3/c20-19(21,22)13-10-14(24-18(25)27-15-4-2-1-3-5-15)12-17(11-13)26-16-6-8-23-9-7-16/h1-5,10-12,16,23H,6-9H2,(H,24,25). The number of piperidine rings is 1. The van der Waals surface area contributed by atoms with E-state index in [1.165, 1.54) is 6.07 Å². The second-order valence-corrected chi connectivity index (χ2v) is 6.14. The molecule has 1 aliphatic rings. The highest BCUT2D eigenvalue weighted by molar-refractivity contribution is 5.86. The molecule has 27 heavy (non-hydrogen) atoms. The van der Waals surface area contributed by atoms with E-state index in [2.05, 4.69) is 10.6 Å². The predicted octanol–water partition coefficient (Wildman–Crippen LogP) is 4.45. The molecule has 8 heteroatoms. The van der Waals surface area contributed by atoms with Crippen LogP contribution in [0.4, 0.5) is 23.7 Å². The van der Waals surface area contributed by atoms with E-state index in [1.807, 2.05) is 0 Å². The number of hydrogen-bond donors (Lipinski definition) is 2. The van der Waals surface area contributed by atoms with Crippen molar-refractivity contribution in [3.05, 3.63) is 54.1 Å². The van der Waals surface area contributed by atoms with E-state index in [0.29, 0.717) is 12.8 Å². The Labute approximate surface area is 154 Å². The van der Waals surface area contributed by atoms with E-state index in [1.54, 1.807) is 30.3 Å². The van der Waals surface area contributed by atoms with Gasteiger partial charge in [0.2, 0.25) is 0 Å². The summed E-state index contributed by atoms with van der Waals surface area (Å²) in [7, 11) is 0. The number of alkyl halides is 3. The van der Waals surface area contributed by atoms with Crippen LogP contribution in [0.3, 0.4) is 0 Å². The van der Waals surface area contributed by atoms with Crippen molar-refractivity contribution in [3.63, 3.8) is 0 Å². The zero-order chi connectivity index (χ0) is 19.3. The molecule has 0 aromatic heterocycles. The number of nitrogens with one attached hydrogen (secondary N) is 2. The lowest BCUT2D eigenvalue weighted by atomic mass is 10.1. The zero-order valence-corrected chi connectivity index (χ0v) is 14.4. The minimum atomic E-state index is -4.56. The number of anilines is 1. The molecule has 2 N–H and O–H groups in total. The minimum absolute atomic E-state index is 0.0466. The second kappa shape index (κ2) is 8.30. The van der Waals surface area contributed by atoms with Crippen molar-refractivity contribution < 1.29 is 27.4 Å². The summed E-state index contributed by atoms with van der Waals surface area (Å²) < 4.78 is 50.4. The van der Waals surface area contributed by atoms with Gasteiger partial charge in [-0.25, -0.2) is 4.79 Å². The van der Waals surface area contributed by atoms with E-state index in [4.69, 9.17) is 9.47 Å². The number of halogens is 3. The number of amides is 1. The molecule has 0 saturated carbocycles. The average Bonchev–Trinajstić information content (AvgIpc) is 2.62. The lowest BCUT2D eigenvalue weighted by Crippen LogP contribution is -2.34. The predicted molar refractivity (Wildman–Crippen MR) is 94.1 cm³/mol. The minimum Gasteiger partial charge on any atom is -0.490 e. The van der Waals surface area contributed by atoms with Crippen molar-refractivity contribution in [2.75, 3.05) is 18.4 Å². The van der Waals surface area contributed by atoms with Crippen LogP contribution in [0.1, 0.15) is 18.4 Å². The van der Waals surface area contributed by atoms with Crippen LogP contribution in [-0.2, 0) is 6.18 Å². The first kappa shape index (κ1) is 19.0. The third kappa shape index (κ3) is 5.62. The van der Waals surface area contributed by atoms with E-state index < -0.39 is 17.8 Å². The van der Waals surface area contributed by atoms with Gasteiger partial charge in [-0.2, -0.15) is 13.2 Å². The largest absolute Gasteiger partial charge is 0.490 e. The number of para-hydroxylation sites is 1. The van der Waals surface area contributed by atoms with Crippen LogP contribution in [0.2, 0.25) is 0 Å².